The fraction of sp³-hybridized carbons (Fsp3) is 0.182. The highest BCUT2D eigenvalue weighted by molar-refractivity contribution is 6.30. The quantitative estimate of drug-likeness (QED) is 0.890. The lowest BCUT2D eigenvalue weighted by Gasteiger charge is -2.20. The summed E-state index contributed by atoms with van der Waals surface area (Å²) in [6.45, 7) is 0.0371. The number of hydrogen-bond acceptors (Lipinski definition) is 5. The lowest BCUT2D eigenvalue weighted by atomic mass is 10.3. The van der Waals surface area contributed by atoms with Crippen molar-refractivity contribution in [1.82, 2.24) is 10.1 Å². The Morgan fingerprint density at radius 2 is 2.33 bits per heavy atom. The maximum Gasteiger partial charge on any atom is 0.323 e. The standard InChI is InChI=1S/C11H10ClN3O3/c12-8-2-1-3-9(4-8)15(6-11(16)17)5-10-13-7-14-18-10/h1-4,7H,5-6H2,(H,16,17). The normalized spacial score (nSPS) is 10.3. The van der Waals surface area contributed by atoms with Gasteiger partial charge in [-0.2, -0.15) is 4.98 Å². The molecule has 7 heteroatoms. The van der Waals surface area contributed by atoms with Gasteiger partial charge >= 0.3 is 5.97 Å². The predicted molar refractivity (Wildman–Crippen MR) is 64.4 cm³/mol. The number of halogens is 1. The van der Waals surface area contributed by atoms with Crippen molar-refractivity contribution >= 4 is 23.3 Å². The van der Waals surface area contributed by atoms with E-state index < -0.39 is 5.97 Å². The van der Waals surface area contributed by atoms with Crippen molar-refractivity contribution < 1.29 is 14.4 Å². The van der Waals surface area contributed by atoms with E-state index in [0.717, 1.165) is 0 Å². The first-order valence-electron chi connectivity index (χ1n) is 5.13. The maximum atomic E-state index is 10.9. The lowest BCUT2D eigenvalue weighted by molar-refractivity contribution is -0.135. The SMILES string of the molecule is O=C(O)CN(Cc1ncno1)c1cccc(Cl)c1. The molecular formula is C11H10ClN3O3. The van der Waals surface area contributed by atoms with Gasteiger partial charge in [-0.05, 0) is 18.2 Å². The molecule has 1 aromatic heterocycles. The number of carboxylic acid groups (broad SMARTS) is 1. The van der Waals surface area contributed by atoms with Crippen molar-refractivity contribution in [3.8, 4) is 0 Å². The fourth-order valence-corrected chi connectivity index (χ4v) is 1.69. The van der Waals surface area contributed by atoms with Gasteiger partial charge in [-0.25, -0.2) is 0 Å². The van der Waals surface area contributed by atoms with Crippen LogP contribution >= 0.6 is 11.6 Å². The molecule has 0 atom stereocenters. The van der Waals surface area contributed by atoms with E-state index in [-0.39, 0.29) is 13.1 Å². The Kier molecular flexibility index (Phi) is 3.78. The summed E-state index contributed by atoms with van der Waals surface area (Å²) in [5.74, 6) is -0.606. The first kappa shape index (κ1) is 12.4. The van der Waals surface area contributed by atoms with Gasteiger partial charge in [-0.1, -0.05) is 22.8 Å². The van der Waals surface area contributed by atoms with E-state index in [4.69, 9.17) is 21.2 Å². The van der Waals surface area contributed by atoms with E-state index >= 15 is 0 Å². The number of aliphatic carboxylic acids is 1. The molecule has 0 aliphatic heterocycles. The van der Waals surface area contributed by atoms with Crippen molar-refractivity contribution in [2.45, 2.75) is 6.54 Å². The van der Waals surface area contributed by atoms with Gasteiger partial charge in [-0.15, -0.1) is 0 Å². The molecule has 1 aromatic carbocycles. The molecule has 6 nitrogen and oxygen atoms in total. The monoisotopic (exact) mass is 267 g/mol. The Morgan fingerprint density at radius 1 is 1.50 bits per heavy atom. The third-order valence-corrected chi connectivity index (χ3v) is 2.47. The smallest absolute Gasteiger partial charge is 0.323 e. The van der Waals surface area contributed by atoms with E-state index in [9.17, 15) is 4.79 Å². The van der Waals surface area contributed by atoms with Crippen LogP contribution in [0.5, 0.6) is 0 Å². The highest BCUT2D eigenvalue weighted by Crippen LogP contribution is 2.20. The molecule has 2 rings (SSSR count). The summed E-state index contributed by atoms with van der Waals surface area (Å²) in [6.07, 6.45) is 1.27. The van der Waals surface area contributed by atoms with E-state index in [0.29, 0.717) is 16.6 Å². The van der Waals surface area contributed by atoms with Gasteiger partial charge in [0.2, 0.25) is 5.89 Å². The van der Waals surface area contributed by atoms with Crippen LogP contribution in [0.3, 0.4) is 0 Å². The first-order valence-corrected chi connectivity index (χ1v) is 5.51. The zero-order chi connectivity index (χ0) is 13.0. The van der Waals surface area contributed by atoms with Gasteiger partial charge in [0.05, 0.1) is 6.54 Å². The van der Waals surface area contributed by atoms with Crippen molar-refractivity contribution in [2.75, 3.05) is 11.4 Å². The van der Waals surface area contributed by atoms with Crippen LogP contribution in [0.1, 0.15) is 5.89 Å². The zero-order valence-corrected chi connectivity index (χ0v) is 10.0. The molecule has 94 valence electrons. The number of nitrogens with zero attached hydrogens (tertiary/aromatic N) is 3. The second-order valence-electron chi connectivity index (χ2n) is 3.56. The summed E-state index contributed by atoms with van der Waals surface area (Å²) < 4.78 is 4.87. The Labute approximate surface area is 108 Å². The van der Waals surface area contributed by atoms with Gasteiger partial charge in [0.15, 0.2) is 6.33 Å². The van der Waals surface area contributed by atoms with Crippen molar-refractivity contribution in [3.05, 3.63) is 41.5 Å². The molecular weight excluding hydrogens is 258 g/mol. The minimum absolute atomic E-state index is 0.178. The molecule has 0 bridgehead atoms. The Bertz CT molecular complexity index is 530. The van der Waals surface area contributed by atoms with Gasteiger partial charge < -0.3 is 14.5 Å². The number of carbonyl (C=O) groups is 1. The van der Waals surface area contributed by atoms with Gasteiger partial charge in [0, 0.05) is 10.7 Å². The third-order valence-electron chi connectivity index (χ3n) is 2.23. The highest BCUT2D eigenvalue weighted by atomic mass is 35.5. The van der Waals surface area contributed by atoms with Crippen LogP contribution in [0.15, 0.2) is 35.1 Å². The number of hydrogen-bond donors (Lipinski definition) is 1. The van der Waals surface area contributed by atoms with Gasteiger partial charge in [0.1, 0.15) is 6.54 Å². The molecule has 0 spiro atoms. The van der Waals surface area contributed by atoms with E-state index in [2.05, 4.69) is 10.1 Å². The van der Waals surface area contributed by atoms with Crippen LogP contribution in [-0.4, -0.2) is 27.8 Å². The van der Waals surface area contributed by atoms with Crippen LogP contribution in [0.2, 0.25) is 5.02 Å². The topological polar surface area (TPSA) is 79.5 Å². The second-order valence-corrected chi connectivity index (χ2v) is 4.00. The molecule has 18 heavy (non-hydrogen) atoms. The molecule has 0 saturated carbocycles. The Hall–Kier alpha value is -2.08. The molecule has 0 aliphatic rings. The number of aromatic nitrogens is 2. The summed E-state index contributed by atoms with van der Waals surface area (Å²) in [5.41, 5.74) is 0.683. The van der Waals surface area contributed by atoms with Gasteiger partial charge in [-0.3, -0.25) is 4.79 Å². The van der Waals surface area contributed by atoms with Gasteiger partial charge in [0.25, 0.3) is 0 Å². The molecule has 2 aromatic rings. The van der Waals surface area contributed by atoms with Crippen LogP contribution in [0.25, 0.3) is 0 Å². The summed E-state index contributed by atoms with van der Waals surface area (Å²) in [5, 5.41) is 12.9. The average molecular weight is 268 g/mol. The van der Waals surface area contributed by atoms with Crippen molar-refractivity contribution in [2.24, 2.45) is 0 Å². The second kappa shape index (κ2) is 5.50. The maximum absolute atomic E-state index is 10.9. The number of carboxylic acids is 1. The molecule has 0 radical (unpaired) electrons. The summed E-state index contributed by atoms with van der Waals surface area (Å²) in [6, 6.07) is 6.92. The summed E-state index contributed by atoms with van der Waals surface area (Å²) >= 11 is 5.88. The third kappa shape index (κ3) is 3.21. The first-order chi connectivity index (χ1) is 8.65. The molecule has 0 saturated heterocycles. The molecule has 0 fully saturated rings. The Balaban J connectivity index is 2.21. The van der Waals surface area contributed by atoms with Crippen molar-refractivity contribution in [3.63, 3.8) is 0 Å². The minimum Gasteiger partial charge on any atom is -0.480 e. The van der Waals surface area contributed by atoms with Crippen LogP contribution < -0.4 is 4.90 Å². The fourth-order valence-electron chi connectivity index (χ4n) is 1.50. The number of benzene rings is 1. The molecule has 0 aliphatic carbocycles. The van der Waals surface area contributed by atoms with E-state index in [1.807, 2.05) is 0 Å². The summed E-state index contributed by atoms with van der Waals surface area (Å²) in [4.78, 5) is 16.3. The van der Waals surface area contributed by atoms with E-state index in [1.165, 1.54) is 6.33 Å². The molecule has 1 heterocycles. The molecule has 1 N–H and O–H groups in total. The van der Waals surface area contributed by atoms with Crippen LogP contribution in [0, 0.1) is 0 Å². The number of anilines is 1. The summed E-state index contributed by atoms with van der Waals surface area (Å²) in [7, 11) is 0. The van der Waals surface area contributed by atoms with Crippen molar-refractivity contribution in [1.29, 1.82) is 0 Å². The molecule has 0 amide bonds. The lowest BCUT2D eigenvalue weighted by Crippen LogP contribution is -2.29. The van der Waals surface area contributed by atoms with Crippen LogP contribution in [-0.2, 0) is 11.3 Å². The van der Waals surface area contributed by atoms with Crippen LogP contribution in [0.4, 0.5) is 5.69 Å². The Morgan fingerprint density at radius 3 is 2.94 bits per heavy atom. The van der Waals surface area contributed by atoms with E-state index in [1.54, 1.807) is 29.2 Å². The highest BCUT2D eigenvalue weighted by Gasteiger charge is 2.14. The average Bonchev–Trinajstić information content (AvgIpc) is 2.80. The number of rotatable bonds is 5. The minimum atomic E-state index is -0.950. The predicted octanol–water partition coefficient (Wildman–Crippen LogP) is 1.81. The zero-order valence-electron chi connectivity index (χ0n) is 9.28. The molecule has 0 unspecified atom stereocenters. The largest absolute Gasteiger partial charge is 0.480 e.